The van der Waals surface area contributed by atoms with Crippen LogP contribution in [-0.2, 0) is 25.5 Å². The average molecular weight is 774 g/mol. The molecule has 1 aromatic heterocycles. The first kappa shape index (κ1) is 38.6. The van der Waals surface area contributed by atoms with Crippen LogP contribution in [0.3, 0.4) is 0 Å². The highest BCUT2D eigenvalue weighted by molar-refractivity contribution is 6.25. The highest BCUT2D eigenvalue weighted by Gasteiger charge is 2.45. The normalized spacial score (nSPS) is 16.8. The number of nitrogens with one attached hydrogen (secondary N) is 4. The molecule has 2 fully saturated rings. The zero-order valence-electron chi connectivity index (χ0n) is 31.5. The Bertz CT molecular complexity index is 2190. The Labute approximate surface area is 329 Å². The van der Waals surface area contributed by atoms with E-state index < -0.39 is 29.7 Å². The molecule has 7 rings (SSSR count). The molecule has 0 radical (unpaired) electrons. The number of hydrogen-bond donors (Lipinski definition) is 4. The van der Waals surface area contributed by atoms with Crippen molar-refractivity contribution in [2.45, 2.75) is 45.1 Å². The summed E-state index contributed by atoms with van der Waals surface area (Å²) in [5, 5.41) is 12.6. The molecule has 16 heteroatoms. The minimum absolute atomic E-state index is 0.0456. The van der Waals surface area contributed by atoms with E-state index in [0.717, 1.165) is 27.4 Å². The van der Waals surface area contributed by atoms with Crippen LogP contribution in [0.1, 0.15) is 63.1 Å². The number of aromatic nitrogens is 2. The first-order valence-electron chi connectivity index (χ1n) is 18.9. The molecule has 57 heavy (non-hydrogen) atoms. The molecule has 0 spiro atoms. The van der Waals surface area contributed by atoms with E-state index in [1.807, 2.05) is 61.5 Å². The summed E-state index contributed by atoms with van der Waals surface area (Å²) in [6, 6.07) is 21.4. The van der Waals surface area contributed by atoms with E-state index in [1.165, 1.54) is 6.07 Å². The van der Waals surface area contributed by atoms with Crippen molar-refractivity contribution in [2.24, 2.45) is 5.10 Å². The van der Waals surface area contributed by atoms with Gasteiger partial charge in [-0.25, -0.2) is 0 Å². The Morgan fingerprint density at radius 1 is 1.00 bits per heavy atom. The molecule has 1 atom stereocenters. The van der Waals surface area contributed by atoms with E-state index in [-0.39, 0.29) is 42.3 Å². The van der Waals surface area contributed by atoms with Gasteiger partial charge < -0.3 is 25.0 Å². The fourth-order valence-electron chi connectivity index (χ4n) is 6.79. The molecule has 3 aliphatic heterocycles. The van der Waals surface area contributed by atoms with Crippen molar-refractivity contribution in [3.8, 4) is 6.01 Å². The van der Waals surface area contributed by atoms with Crippen molar-refractivity contribution in [1.29, 1.82) is 0 Å². The minimum Gasteiger partial charge on any atom is -0.463 e. The molecule has 294 valence electrons. The van der Waals surface area contributed by atoms with E-state index in [2.05, 4.69) is 41.3 Å². The lowest BCUT2D eigenvalue weighted by Crippen LogP contribution is -2.54. The van der Waals surface area contributed by atoms with Gasteiger partial charge in [0.05, 0.1) is 37.2 Å². The smallest absolute Gasteiger partial charge is 0.320 e. The second kappa shape index (κ2) is 17.8. The number of fused-ring (bicyclic) bond motifs is 1. The Balaban J connectivity index is 0.871. The summed E-state index contributed by atoms with van der Waals surface area (Å²) >= 11 is 0. The molecule has 3 aromatic carbocycles. The van der Waals surface area contributed by atoms with Gasteiger partial charge in [0.25, 0.3) is 11.8 Å². The predicted molar refractivity (Wildman–Crippen MR) is 213 cm³/mol. The number of carbonyl (C=O) groups is 5. The van der Waals surface area contributed by atoms with Gasteiger partial charge in [-0.15, -0.1) is 0 Å². The third kappa shape index (κ3) is 9.59. The highest BCUT2D eigenvalue weighted by Crippen LogP contribution is 2.32. The monoisotopic (exact) mass is 773 g/mol. The number of piperidine rings is 1. The van der Waals surface area contributed by atoms with E-state index in [0.29, 0.717) is 69.5 Å². The molecule has 0 aliphatic carbocycles. The number of hydrogen-bond acceptors (Lipinski definition) is 13. The van der Waals surface area contributed by atoms with Crippen LogP contribution in [-0.4, -0.2) is 96.1 Å². The molecule has 0 bridgehead atoms. The second-order valence-electron chi connectivity index (χ2n) is 13.8. The Morgan fingerprint density at radius 3 is 2.60 bits per heavy atom. The van der Waals surface area contributed by atoms with Crippen molar-refractivity contribution in [3.63, 3.8) is 0 Å². The quantitative estimate of drug-likeness (QED) is 0.0589. The van der Waals surface area contributed by atoms with Gasteiger partial charge >= 0.3 is 6.01 Å². The van der Waals surface area contributed by atoms with Crippen LogP contribution in [0.15, 0.2) is 77.9 Å². The van der Waals surface area contributed by atoms with Crippen LogP contribution in [0.4, 0.5) is 23.0 Å². The Kier molecular flexibility index (Phi) is 12.1. The van der Waals surface area contributed by atoms with Crippen molar-refractivity contribution in [1.82, 2.24) is 20.2 Å². The molecular weight excluding hydrogens is 731 g/mol. The topological polar surface area (TPSA) is 197 Å². The van der Waals surface area contributed by atoms with Crippen molar-refractivity contribution < 1.29 is 33.4 Å². The van der Waals surface area contributed by atoms with Gasteiger partial charge in [-0.05, 0) is 55.2 Å². The van der Waals surface area contributed by atoms with Crippen molar-refractivity contribution >= 4 is 58.8 Å². The zero-order valence-corrected chi connectivity index (χ0v) is 31.5. The molecule has 2 saturated heterocycles. The number of carbonyl (C=O) groups excluding carboxylic acids is 5. The first-order chi connectivity index (χ1) is 27.7. The maximum atomic E-state index is 13.3. The van der Waals surface area contributed by atoms with Gasteiger partial charge in [0.2, 0.25) is 17.7 Å². The van der Waals surface area contributed by atoms with Gasteiger partial charge in [-0.3, -0.25) is 39.6 Å². The van der Waals surface area contributed by atoms with Crippen molar-refractivity contribution in [3.05, 3.63) is 101 Å². The lowest BCUT2D eigenvalue weighted by Gasteiger charge is -2.28. The summed E-state index contributed by atoms with van der Waals surface area (Å²) < 4.78 is 11.5. The van der Waals surface area contributed by atoms with Crippen LogP contribution in [0.5, 0.6) is 6.01 Å². The first-order valence-corrected chi connectivity index (χ1v) is 18.9. The molecule has 3 aliphatic rings. The molecule has 5 amide bonds. The predicted octanol–water partition coefficient (Wildman–Crippen LogP) is 3.92. The third-order valence-corrected chi connectivity index (χ3v) is 9.69. The van der Waals surface area contributed by atoms with Gasteiger partial charge in [-0.2, -0.15) is 15.1 Å². The van der Waals surface area contributed by atoms with Crippen molar-refractivity contribution in [2.75, 3.05) is 60.4 Å². The number of anilines is 4. The highest BCUT2D eigenvalue weighted by atomic mass is 16.5. The van der Waals surface area contributed by atoms with Crippen LogP contribution in [0.25, 0.3) is 0 Å². The molecule has 16 nitrogen and oxygen atoms in total. The van der Waals surface area contributed by atoms with E-state index in [1.54, 1.807) is 18.3 Å². The zero-order chi connectivity index (χ0) is 39.7. The maximum Gasteiger partial charge on any atom is 0.320 e. The second-order valence-corrected chi connectivity index (χ2v) is 13.8. The number of amides is 5. The number of hydrazone groups is 1. The minimum atomic E-state index is -1.04. The van der Waals surface area contributed by atoms with E-state index in [9.17, 15) is 24.0 Å². The molecule has 4 heterocycles. The Hall–Kier alpha value is -6.68. The molecule has 4 N–H and O–H groups in total. The summed E-state index contributed by atoms with van der Waals surface area (Å²) in [7, 11) is 0. The molecule has 4 aromatic rings. The van der Waals surface area contributed by atoms with Gasteiger partial charge in [0.1, 0.15) is 11.9 Å². The SMILES string of the molecule is Cc1cccc(/C=N/Nc2cc(N3CCOCC3)nc(OCCc3ccc(NC(=O)CCCNc4cccc5c4C(=O)N(C4CCC(=O)NC4=O)C5=O)cc3)n2)c1. The molecule has 0 saturated carbocycles. The summed E-state index contributed by atoms with van der Waals surface area (Å²) in [5.74, 6) is -1.20. The number of nitrogens with zero attached hydrogens (tertiary/aromatic N) is 5. The molecule has 1 unspecified atom stereocenters. The van der Waals surface area contributed by atoms with Crippen LogP contribution >= 0.6 is 0 Å². The number of aryl methyl sites for hydroxylation is 1. The van der Waals surface area contributed by atoms with Crippen LogP contribution < -0.4 is 31.0 Å². The third-order valence-electron chi connectivity index (χ3n) is 9.69. The number of morpholine rings is 1. The number of rotatable bonds is 15. The summed E-state index contributed by atoms with van der Waals surface area (Å²) in [6.45, 7) is 5.36. The average Bonchev–Trinajstić information content (AvgIpc) is 3.46. The Morgan fingerprint density at radius 2 is 1.81 bits per heavy atom. The lowest BCUT2D eigenvalue weighted by molar-refractivity contribution is -0.136. The molecular formula is C41H43N9O7. The van der Waals surface area contributed by atoms with Crippen LogP contribution in [0, 0.1) is 6.92 Å². The van der Waals surface area contributed by atoms with E-state index >= 15 is 0 Å². The fraction of sp³-hybridized carbons (Fsp3) is 0.317. The van der Waals surface area contributed by atoms with Gasteiger partial charge in [0.15, 0.2) is 5.82 Å². The summed E-state index contributed by atoms with van der Waals surface area (Å²) in [4.78, 5) is 75.4. The largest absolute Gasteiger partial charge is 0.463 e. The maximum absolute atomic E-state index is 13.3. The summed E-state index contributed by atoms with van der Waals surface area (Å²) in [5.41, 5.74) is 7.59. The lowest BCUT2D eigenvalue weighted by atomic mass is 10.0. The number of benzene rings is 3. The number of ether oxygens (including phenoxy) is 2. The number of imide groups is 2. The van der Waals surface area contributed by atoms with Gasteiger partial charge in [-0.1, -0.05) is 48.0 Å². The summed E-state index contributed by atoms with van der Waals surface area (Å²) in [6.07, 6.45) is 3.11. The van der Waals surface area contributed by atoms with Crippen LogP contribution in [0.2, 0.25) is 0 Å². The van der Waals surface area contributed by atoms with Gasteiger partial charge in [0, 0.05) is 56.3 Å². The van der Waals surface area contributed by atoms with E-state index in [4.69, 9.17) is 9.47 Å². The standard InChI is InChI=1S/C41H43N9O7/c1-26-5-2-6-28(23-26)25-43-48-33-24-34(49-18-21-56-22-19-49)46-41(45-33)57-20-16-27-10-12-29(13-11-27)44-35(51)9-4-17-42-31-8-3-7-30-37(31)40(55)50(39(30)54)32-14-15-36(52)47-38(32)53/h2-3,5-8,10-13,23-25,32,42H,4,9,14-22H2,1H3,(H,44,51)(H,45,46,48)(H,47,52,53)/b43-25+. The fourth-order valence-corrected chi connectivity index (χ4v) is 6.79.